The largest absolute Gasteiger partial charge is 0.345 e. The van der Waals surface area contributed by atoms with Crippen molar-refractivity contribution in [3.05, 3.63) is 35.6 Å². The predicted octanol–water partition coefficient (Wildman–Crippen LogP) is 2.35. The van der Waals surface area contributed by atoms with Crippen molar-refractivity contribution in [2.75, 3.05) is 0 Å². The van der Waals surface area contributed by atoms with E-state index in [1.165, 1.54) is 12.1 Å². The van der Waals surface area contributed by atoms with E-state index in [4.69, 9.17) is 10.00 Å². The monoisotopic (exact) mass is 191 g/mol. The minimum absolute atomic E-state index is 0.269. The Balaban J connectivity index is 2.32. The van der Waals surface area contributed by atoms with Crippen LogP contribution < -0.4 is 0 Å². The number of ether oxygens (including phenoxy) is 1. The van der Waals surface area contributed by atoms with Crippen LogP contribution in [0.4, 0.5) is 4.39 Å². The third-order valence-electron chi connectivity index (χ3n) is 2.67. The molecule has 0 bridgehead atoms. The van der Waals surface area contributed by atoms with Crippen LogP contribution >= 0.6 is 0 Å². The smallest absolute Gasteiger partial charge is 0.178 e. The number of nitrogens with zero attached hydrogens (tertiary/aromatic N) is 1. The molecule has 1 fully saturated rings. The lowest BCUT2D eigenvalue weighted by Gasteiger charge is -2.08. The van der Waals surface area contributed by atoms with Crippen LogP contribution in [-0.2, 0) is 10.3 Å². The molecule has 2 rings (SSSR count). The molecule has 0 saturated carbocycles. The molecule has 0 aliphatic carbocycles. The Kier molecular flexibility index (Phi) is 2.01. The summed E-state index contributed by atoms with van der Waals surface area (Å²) >= 11 is 0. The molecule has 1 saturated heterocycles. The second-order valence-electron chi connectivity index (χ2n) is 3.38. The zero-order chi connectivity index (χ0) is 10.2. The molecule has 2 nitrogen and oxygen atoms in total. The zero-order valence-corrected chi connectivity index (χ0v) is 7.83. The fourth-order valence-corrected chi connectivity index (χ4v) is 1.73. The van der Waals surface area contributed by atoms with Gasteiger partial charge in [-0.05, 0) is 24.1 Å². The third-order valence-corrected chi connectivity index (χ3v) is 2.67. The van der Waals surface area contributed by atoms with E-state index in [1.807, 2.05) is 6.92 Å². The Bertz CT molecular complexity index is 381. The van der Waals surface area contributed by atoms with Crippen LogP contribution in [0, 0.1) is 17.1 Å². The van der Waals surface area contributed by atoms with Crippen molar-refractivity contribution in [2.45, 2.75) is 25.0 Å². The van der Waals surface area contributed by atoms with Crippen LogP contribution in [0.2, 0.25) is 0 Å². The lowest BCUT2D eigenvalue weighted by atomic mass is 9.93. The molecular formula is C11H10FNO. The highest BCUT2D eigenvalue weighted by Gasteiger charge is 2.56. The maximum absolute atomic E-state index is 12.7. The van der Waals surface area contributed by atoms with E-state index in [9.17, 15) is 4.39 Å². The van der Waals surface area contributed by atoms with Gasteiger partial charge in [-0.1, -0.05) is 19.1 Å². The summed E-state index contributed by atoms with van der Waals surface area (Å²) in [7, 11) is 0. The normalized spacial score (nSPS) is 29.6. The number of epoxide rings is 1. The molecule has 1 aromatic rings. The van der Waals surface area contributed by atoms with Gasteiger partial charge in [0.2, 0.25) is 0 Å². The second kappa shape index (κ2) is 3.07. The molecule has 0 radical (unpaired) electrons. The summed E-state index contributed by atoms with van der Waals surface area (Å²) in [4.78, 5) is 0. The first-order chi connectivity index (χ1) is 6.73. The van der Waals surface area contributed by atoms with Crippen molar-refractivity contribution in [1.29, 1.82) is 5.26 Å². The number of rotatable bonds is 2. The van der Waals surface area contributed by atoms with Crippen LogP contribution in [0.15, 0.2) is 24.3 Å². The maximum atomic E-state index is 12.7. The van der Waals surface area contributed by atoms with Crippen molar-refractivity contribution in [3.8, 4) is 6.07 Å². The van der Waals surface area contributed by atoms with Gasteiger partial charge in [0.25, 0.3) is 0 Å². The highest BCUT2D eigenvalue weighted by molar-refractivity contribution is 5.32. The van der Waals surface area contributed by atoms with E-state index in [0.717, 1.165) is 12.0 Å². The molecule has 0 N–H and O–H groups in total. The number of halogens is 1. The van der Waals surface area contributed by atoms with Crippen LogP contribution in [0.3, 0.4) is 0 Å². The maximum Gasteiger partial charge on any atom is 0.178 e. The van der Waals surface area contributed by atoms with Gasteiger partial charge in [0, 0.05) is 0 Å². The van der Waals surface area contributed by atoms with Gasteiger partial charge in [-0.15, -0.1) is 0 Å². The molecule has 14 heavy (non-hydrogen) atoms. The van der Waals surface area contributed by atoms with Gasteiger partial charge < -0.3 is 4.74 Å². The van der Waals surface area contributed by atoms with Crippen molar-refractivity contribution in [3.63, 3.8) is 0 Å². The molecule has 2 atom stereocenters. The first kappa shape index (κ1) is 9.17. The Morgan fingerprint density at radius 3 is 2.57 bits per heavy atom. The Hall–Kier alpha value is -1.40. The van der Waals surface area contributed by atoms with E-state index in [1.54, 1.807) is 12.1 Å². The molecule has 1 heterocycles. The molecule has 0 aromatic heterocycles. The van der Waals surface area contributed by atoms with Crippen LogP contribution in [-0.4, -0.2) is 6.10 Å². The minimum atomic E-state index is -0.484. The first-order valence-corrected chi connectivity index (χ1v) is 4.56. The lowest BCUT2D eigenvalue weighted by molar-refractivity contribution is 0.295. The van der Waals surface area contributed by atoms with Gasteiger partial charge >= 0.3 is 0 Å². The molecule has 1 aromatic carbocycles. The van der Waals surface area contributed by atoms with Crippen molar-refractivity contribution in [2.24, 2.45) is 0 Å². The van der Waals surface area contributed by atoms with Gasteiger partial charge in [-0.2, -0.15) is 5.26 Å². The molecule has 2 unspecified atom stereocenters. The SMILES string of the molecule is CCC1(c2ccc(F)cc2)OC1C#N. The van der Waals surface area contributed by atoms with E-state index < -0.39 is 5.60 Å². The molecule has 0 amide bonds. The number of hydrogen-bond acceptors (Lipinski definition) is 2. The highest BCUT2D eigenvalue weighted by Crippen LogP contribution is 2.48. The van der Waals surface area contributed by atoms with Gasteiger partial charge in [-0.3, -0.25) is 0 Å². The summed E-state index contributed by atoms with van der Waals surface area (Å²) in [5.41, 5.74) is 0.399. The van der Waals surface area contributed by atoms with E-state index in [0.29, 0.717) is 0 Å². The van der Waals surface area contributed by atoms with Crippen LogP contribution in [0.1, 0.15) is 18.9 Å². The van der Waals surface area contributed by atoms with Crippen molar-refractivity contribution < 1.29 is 9.13 Å². The summed E-state index contributed by atoms with van der Waals surface area (Å²) in [6.07, 6.45) is 0.356. The van der Waals surface area contributed by atoms with Gasteiger partial charge in [0.15, 0.2) is 6.10 Å². The number of nitriles is 1. The molecule has 1 aliphatic rings. The lowest BCUT2D eigenvalue weighted by Crippen LogP contribution is -2.10. The Morgan fingerprint density at radius 2 is 2.14 bits per heavy atom. The quantitative estimate of drug-likeness (QED) is 0.673. The molecule has 1 aliphatic heterocycles. The van der Waals surface area contributed by atoms with Crippen LogP contribution in [0.5, 0.6) is 0 Å². The summed E-state index contributed by atoms with van der Waals surface area (Å²) in [5, 5.41) is 8.74. The highest BCUT2D eigenvalue weighted by atomic mass is 19.1. The average Bonchev–Trinajstić information content (AvgIpc) is 2.94. The van der Waals surface area contributed by atoms with Gasteiger partial charge in [0.1, 0.15) is 11.4 Å². The first-order valence-electron chi connectivity index (χ1n) is 4.56. The Morgan fingerprint density at radius 1 is 1.50 bits per heavy atom. The molecule has 0 spiro atoms. The minimum Gasteiger partial charge on any atom is -0.345 e. The molecule has 72 valence electrons. The predicted molar refractivity (Wildman–Crippen MR) is 48.9 cm³/mol. The topological polar surface area (TPSA) is 36.3 Å². The third kappa shape index (κ3) is 1.19. The number of benzene rings is 1. The summed E-state index contributed by atoms with van der Waals surface area (Å²) < 4.78 is 18.0. The summed E-state index contributed by atoms with van der Waals surface area (Å²) in [6.45, 7) is 1.96. The second-order valence-corrected chi connectivity index (χ2v) is 3.38. The van der Waals surface area contributed by atoms with Crippen molar-refractivity contribution in [1.82, 2.24) is 0 Å². The fourth-order valence-electron chi connectivity index (χ4n) is 1.73. The van der Waals surface area contributed by atoms with Crippen LogP contribution in [0.25, 0.3) is 0 Å². The summed E-state index contributed by atoms with van der Waals surface area (Å²) in [6, 6.07) is 8.21. The molecular weight excluding hydrogens is 181 g/mol. The van der Waals surface area contributed by atoms with Gasteiger partial charge in [0.05, 0.1) is 6.07 Å². The standard InChI is InChI=1S/C11H10FNO/c1-2-11(10(7-13)14-11)8-3-5-9(12)6-4-8/h3-6,10H,2H2,1H3. The molecule has 3 heteroatoms. The van der Waals surface area contributed by atoms with Crippen molar-refractivity contribution >= 4 is 0 Å². The summed E-state index contributed by atoms with van der Waals surface area (Å²) in [5.74, 6) is -0.269. The average molecular weight is 191 g/mol. The van der Waals surface area contributed by atoms with E-state index in [-0.39, 0.29) is 11.9 Å². The number of hydrogen-bond donors (Lipinski definition) is 0. The van der Waals surface area contributed by atoms with E-state index in [2.05, 4.69) is 6.07 Å². The fraction of sp³-hybridized carbons (Fsp3) is 0.364. The van der Waals surface area contributed by atoms with Gasteiger partial charge in [-0.25, -0.2) is 4.39 Å². The Labute approximate surface area is 81.9 Å². The van der Waals surface area contributed by atoms with E-state index >= 15 is 0 Å². The zero-order valence-electron chi connectivity index (χ0n) is 7.83.